The second-order valence-electron chi connectivity index (χ2n) is 5.64. The van der Waals surface area contributed by atoms with E-state index in [0.29, 0.717) is 6.54 Å². The number of fused-ring (bicyclic) bond motifs is 1. The van der Waals surface area contributed by atoms with Crippen LogP contribution >= 0.6 is 0 Å². The molecule has 5 nitrogen and oxygen atoms in total. The van der Waals surface area contributed by atoms with Crippen molar-refractivity contribution in [2.75, 3.05) is 44.7 Å². The highest BCUT2D eigenvalue weighted by molar-refractivity contribution is 5.92. The Labute approximate surface area is 130 Å². The molecule has 1 fully saturated rings. The zero-order valence-corrected chi connectivity index (χ0v) is 13.1. The molecular weight excluding hydrogens is 278 g/mol. The van der Waals surface area contributed by atoms with Crippen LogP contribution in [0.15, 0.2) is 30.3 Å². The van der Waals surface area contributed by atoms with E-state index in [2.05, 4.69) is 39.0 Å². The largest absolute Gasteiger partial charge is 0.468 e. The third-order valence-corrected chi connectivity index (χ3v) is 4.12. The van der Waals surface area contributed by atoms with Gasteiger partial charge in [-0.25, -0.2) is 0 Å². The van der Waals surface area contributed by atoms with Gasteiger partial charge in [0.1, 0.15) is 0 Å². The Bertz CT molecular complexity index is 679. The number of benzene rings is 1. The molecular formula is C17H21N3O2. The number of pyridine rings is 1. The van der Waals surface area contributed by atoms with Crippen LogP contribution in [0.2, 0.25) is 0 Å². The molecule has 1 aliphatic heterocycles. The maximum atomic E-state index is 11.4. The second kappa shape index (κ2) is 6.32. The standard InChI is InChI=1S/C17H21N3O2/c1-13-11-16(14-5-3-4-6-15(14)18-13)20-9-7-19(8-10-20)12-17(21)22-2/h3-6,11H,7-10,12H2,1-2H3. The SMILES string of the molecule is COC(=O)CN1CCN(c2cc(C)nc3ccccc23)CC1. The van der Waals surface area contributed by atoms with Gasteiger partial charge in [0, 0.05) is 42.9 Å². The van der Waals surface area contributed by atoms with Gasteiger partial charge in [-0.2, -0.15) is 0 Å². The molecule has 2 heterocycles. The van der Waals surface area contributed by atoms with E-state index in [1.54, 1.807) is 0 Å². The van der Waals surface area contributed by atoms with Gasteiger partial charge in [0.2, 0.25) is 0 Å². The van der Waals surface area contributed by atoms with Gasteiger partial charge in [-0.15, -0.1) is 0 Å². The number of piperazine rings is 1. The topological polar surface area (TPSA) is 45.7 Å². The van der Waals surface area contributed by atoms with E-state index in [-0.39, 0.29) is 5.97 Å². The van der Waals surface area contributed by atoms with Crippen molar-refractivity contribution in [1.29, 1.82) is 0 Å². The van der Waals surface area contributed by atoms with Gasteiger partial charge in [-0.05, 0) is 19.1 Å². The van der Waals surface area contributed by atoms with Crippen LogP contribution in [0.1, 0.15) is 5.69 Å². The Kier molecular flexibility index (Phi) is 4.24. The van der Waals surface area contributed by atoms with Crippen LogP contribution < -0.4 is 4.90 Å². The van der Waals surface area contributed by atoms with Crippen molar-refractivity contribution in [3.8, 4) is 0 Å². The third-order valence-electron chi connectivity index (χ3n) is 4.12. The lowest BCUT2D eigenvalue weighted by atomic mass is 10.1. The first-order chi connectivity index (χ1) is 10.7. The quantitative estimate of drug-likeness (QED) is 0.809. The zero-order chi connectivity index (χ0) is 15.5. The Hall–Kier alpha value is -2.14. The van der Waals surface area contributed by atoms with Crippen molar-refractivity contribution in [3.63, 3.8) is 0 Å². The zero-order valence-electron chi connectivity index (χ0n) is 13.1. The number of aromatic nitrogens is 1. The minimum absolute atomic E-state index is 0.168. The molecule has 1 aromatic heterocycles. The van der Waals surface area contributed by atoms with Crippen molar-refractivity contribution < 1.29 is 9.53 Å². The maximum Gasteiger partial charge on any atom is 0.319 e. The van der Waals surface area contributed by atoms with E-state index in [0.717, 1.165) is 37.4 Å². The molecule has 2 aromatic rings. The van der Waals surface area contributed by atoms with Gasteiger partial charge >= 0.3 is 5.97 Å². The highest BCUT2D eigenvalue weighted by atomic mass is 16.5. The van der Waals surface area contributed by atoms with E-state index < -0.39 is 0 Å². The fraction of sp³-hybridized carbons (Fsp3) is 0.412. The van der Waals surface area contributed by atoms with Crippen molar-refractivity contribution >= 4 is 22.6 Å². The van der Waals surface area contributed by atoms with E-state index >= 15 is 0 Å². The molecule has 3 rings (SSSR count). The predicted molar refractivity (Wildman–Crippen MR) is 87.1 cm³/mol. The Morgan fingerprint density at radius 1 is 1.23 bits per heavy atom. The Morgan fingerprint density at radius 3 is 2.68 bits per heavy atom. The lowest BCUT2D eigenvalue weighted by Crippen LogP contribution is -2.48. The molecule has 0 unspecified atom stereocenters. The van der Waals surface area contributed by atoms with Gasteiger partial charge in [-0.1, -0.05) is 18.2 Å². The van der Waals surface area contributed by atoms with Gasteiger partial charge in [0.05, 0.1) is 19.2 Å². The molecule has 22 heavy (non-hydrogen) atoms. The summed E-state index contributed by atoms with van der Waals surface area (Å²) in [6.45, 7) is 5.95. The summed E-state index contributed by atoms with van der Waals surface area (Å²) in [5, 5.41) is 1.19. The van der Waals surface area contributed by atoms with Crippen LogP contribution in [-0.2, 0) is 9.53 Å². The summed E-state index contributed by atoms with van der Waals surface area (Å²) in [7, 11) is 1.43. The number of aryl methyl sites for hydroxylation is 1. The summed E-state index contributed by atoms with van der Waals surface area (Å²) in [6.07, 6.45) is 0. The average molecular weight is 299 g/mol. The first kappa shape index (κ1) is 14.8. The van der Waals surface area contributed by atoms with E-state index in [9.17, 15) is 4.79 Å². The molecule has 116 valence electrons. The molecule has 5 heteroatoms. The monoisotopic (exact) mass is 299 g/mol. The van der Waals surface area contributed by atoms with Crippen molar-refractivity contribution in [3.05, 3.63) is 36.0 Å². The highest BCUT2D eigenvalue weighted by Crippen LogP contribution is 2.27. The summed E-state index contributed by atoms with van der Waals surface area (Å²) in [5.74, 6) is -0.168. The number of rotatable bonds is 3. The number of hydrogen-bond donors (Lipinski definition) is 0. The third kappa shape index (κ3) is 3.04. The first-order valence-electron chi connectivity index (χ1n) is 7.58. The lowest BCUT2D eigenvalue weighted by molar-refractivity contribution is -0.142. The normalized spacial score (nSPS) is 16.0. The molecule has 0 spiro atoms. The molecule has 0 atom stereocenters. The van der Waals surface area contributed by atoms with Crippen LogP contribution in [0.25, 0.3) is 10.9 Å². The van der Waals surface area contributed by atoms with E-state index in [1.807, 2.05) is 13.0 Å². The number of hydrogen-bond acceptors (Lipinski definition) is 5. The summed E-state index contributed by atoms with van der Waals surface area (Å²) >= 11 is 0. The summed E-state index contributed by atoms with van der Waals surface area (Å²) in [4.78, 5) is 20.5. The van der Waals surface area contributed by atoms with Crippen molar-refractivity contribution in [2.45, 2.75) is 6.92 Å². The molecule has 0 N–H and O–H groups in total. The number of anilines is 1. The summed E-state index contributed by atoms with van der Waals surface area (Å²) in [5.41, 5.74) is 3.31. The summed E-state index contributed by atoms with van der Waals surface area (Å²) < 4.78 is 4.74. The minimum Gasteiger partial charge on any atom is -0.468 e. The van der Waals surface area contributed by atoms with Gasteiger partial charge in [0.15, 0.2) is 0 Å². The highest BCUT2D eigenvalue weighted by Gasteiger charge is 2.21. The molecule has 1 saturated heterocycles. The van der Waals surface area contributed by atoms with Crippen LogP contribution in [0.4, 0.5) is 5.69 Å². The number of nitrogens with zero attached hydrogens (tertiary/aromatic N) is 3. The second-order valence-corrected chi connectivity index (χ2v) is 5.64. The number of esters is 1. The van der Waals surface area contributed by atoms with Crippen LogP contribution in [0, 0.1) is 6.92 Å². The van der Waals surface area contributed by atoms with E-state index in [1.165, 1.54) is 18.2 Å². The van der Waals surface area contributed by atoms with E-state index in [4.69, 9.17) is 4.74 Å². The van der Waals surface area contributed by atoms with Gasteiger partial charge in [-0.3, -0.25) is 14.7 Å². The predicted octanol–water partition coefficient (Wildman–Crippen LogP) is 1.84. The Morgan fingerprint density at radius 2 is 1.95 bits per heavy atom. The lowest BCUT2D eigenvalue weighted by Gasteiger charge is -2.36. The molecule has 0 aliphatic carbocycles. The van der Waals surface area contributed by atoms with Gasteiger partial charge < -0.3 is 9.64 Å². The molecule has 1 aliphatic rings. The number of para-hydroxylation sites is 1. The number of carbonyl (C=O) groups is 1. The average Bonchev–Trinajstić information content (AvgIpc) is 2.54. The van der Waals surface area contributed by atoms with Crippen LogP contribution in [0.5, 0.6) is 0 Å². The van der Waals surface area contributed by atoms with Crippen molar-refractivity contribution in [1.82, 2.24) is 9.88 Å². The van der Waals surface area contributed by atoms with Crippen LogP contribution in [-0.4, -0.2) is 55.7 Å². The molecule has 0 amide bonds. The molecule has 0 saturated carbocycles. The number of methoxy groups -OCH3 is 1. The fourth-order valence-electron chi connectivity index (χ4n) is 2.94. The van der Waals surface area contributed by atoms with Gasteiger partial charge in [0.25, 0.3) is 0 Å². The smallest absolute Gasteiger partial charge is 0.319 e. The minimum atomic E-state index is -0.168. The summed E-state index contributed by atoms with van der Waals surface area (Å²) in [6, 6.07) is 10.4. The molecule has 1 aromatic carbocycles. The number of carbonyl (C=O) groups excluding carboxylic acids is 1. The van der Waals surface area contributed by atoms with Crippen molar-refractivity contribution in [2.24, 2.45) is 0 Å². The first-order valence-corrected chi connectivity index (χ1v) is 7.58. The van der Waals surface area contributed by atoms with Crippen LogP contribution in [0.3, 0.4) is 0 Å². The fourth-order valence-corrected chi connectivity index (χ4v) is 2.94. The molecule has 0 radical (unpaired) electrons. The Balaban J connectivity index is 1.78. The molecule has 0 bridgehead atoms. The maximum absolute atomic E-state index is 11.4. The number of ether oxygens (including phenoxy) is 1.